The first-order chi connectivity index (χ1) is 23.6. The lowest BCUT2D eigenvalue weighted by Crippen LogP contribution is -2.25. The number of methoxy groups -OCH3 is 1. The molecule has 0 spiro atoms. The standard InChI is InChI=1S/C37H32Cl2N4O5S/c1-19-12-21(17-40)13-20(2)32(19)43-35(44)27-15-28-31(48-10-8-22-9-11-49-34(22)28)16-26(27)25-5-7-30(42-33(25)37(46)47-3)36(45)41-18-23-14-24(38)4-6-29(23)39/h4-7,9,11-16H,8,10,17-18,40H2,1-3H3,(H,41,45)(H,43,44). The molecule has 1 aliphatic rings. The predicted octanol–water partition coefficient (Wildman–Crippen LogP) is 7.76. The molecule has 0 atom stereocenters. The molecule has 9 nitrogen and oxygen atoms in total. The topological polar surface area (TPSA) is 133 Å². The van der Waals surface area contributed by atoms with Gasteiger partial charge in [-0.25, -0.2) is 9.78 Å². The molecule has 1 aliphatic heterocycles. The summed E-state index contributed by atoms with van der Waals surface area (Å²) in [6.45, 7) is 4.71. The molecule has 0 fully saturated rings. The van der Waals surface area contributed by atoms with Crippen LogP contribution < -0.4 is 21.1 Å². The smallest absolute Gasteiger partial charge is 0.357 e. The third-order valence-corrected chi connectivity index (χ3v) is 9.89. The molecule has 4 N–H and O–H groups in total. The highest BCUT2D eigenvalue weighted by Gasteiger charge is 2.27. The number of aryl methyl sites for hydroxylation is 2. The molecule has 2 aromatic heterocycles. The van der Waals surface area contributed by atoms with Gasteiger partial charge in [-0.1, -0.05) is 35.3 Å². The molecule has 0 saturated heterocycles. The van der Waals surface area contributed by atoms with Crippen LogP contribution in [0.25, 0.3) is 21.6 Å². The zero-order valence-corrected chi connectivity index (χ0v) is 29.2. The minimum atomic E-state index is -0.783. The van der Waals surface area contributed by atoms with Gasteiger partial charge >= 0.3 is 5.97 Å². The maximum atomic E-state index is 14.3. The van der Waals surface area contributed by atoms with Crippen molar-refractivity contribution in [3.8, 4) is 27.3 Å². The molecule has 12 heteroatoms. The van der Waals surface area contributed by atoms with Crippen molar-refractivity contribution in [1.82, 2.24) is 10.3 Å². The van der Waals surface area contributed by atoms with E-state index >= 15 is 0 Å². The Bertz CT molecular complexity index is 2110. The fraction of sp³-hybridized carbons (Fsp3) is 0.189. The van der Waals surface area contributed by atoms with E-state index in [0.29, 0.717) is 57.7 Å². The number of rotatable bonds is 8. The highest BCUT2D eigenvalue weighted by Crippen LogP contribution is 2.43. The molecular formula is C37H32Cl2N4O5S. The molecule has 6 rings (SSSR count). The van der Waals surface area contributed by atoms with Crippen LogP contribution in [0.4, 0.5) is 5.69 Å². The van der Waals surface area contributed by atoms with Crippen molar-refractivity contribution in [3.05, 3.63) is 121 Å². The van der Waals surface area contributed by atoms with Crippen LogP contribution in [0.15, 0.2) is 66.0 Å². The van der Waals surface area contributed by atoms with Crippen molar-refractivity contribution in [1.29, 1.82) is 0 Å². The number of carbonyl (C=O) groups excluding carboxylic acids is 3. The Labute approximate surface area is 297 Å². The predicted molar refractivity (Wildman–Crippen MR) is 193 cm³/mol. The average Bonchev–Trinajstić information content (AvgIpc) is 3.50. The molecular weight excluding hydrogens is 683 g/mol. The number of fused-ring (bicyclic) bond motifs is 3. The van der Waals surface area contributed by atoms with Gasteiger partial charge in [-0.05, 0) is 95.6 Å². The summed E-state index contributed by atoms with van der Waals surface area (Å²) >= 11 is 13.9. The van der Waals surface area contributed by atoms with Crippen LogP contribution in [0.1, 0.15) is 59.2 Å². The number of hydrogen-bond donors (Lipinski definition) is 3. The zero-order chi connectivity index (χ0) is 34.8. The Hall–Kier alpha value is -4.74. The normalized spacial score (nSPS) is 11.9. The molecule has 0 aliphatic carbocycles. The Morgan fingerprint density at radius 3 is 2.47 bits per heavy atom. The van der Waals surface area contributed by atoms with Crippen molar-refractivity contribution in [2.24, 2.45) is 5.73 Å². The van der Waals surface area contributed by atoms with Crippen molar-refractivity contribution >= 4 is 58.0 Å². The Balaban J connectivity index is 1.45. The molecule has 250 valence electrons. The van der Waals surface area contributed by atoms with Crippen molar-refractivity contribution in [2.45, 2.75) is 33.4 Å². The van der Waals surface area contributed by atoms with E-state index in [4.69, 9.17) is 38.4 Å². The van der Waals surface area contributed by atoms with Crippen LogP contribution in [-0.4, -0.2) is 36.5 Å². The number of amides is 2. The van der Waals surface area contributed by atoms with Gasteiger partial charge < -0.3 is 25.8 Å². The summed E-state index contributed by atoms with van der Waals surface area (Å²) in [6, 6.07) is 17.5. The van der Waals surface area contributed by atoms with E-state index in [-0.39, 0.29) is 23.5 Å². The van der Waals surface area contributed by atoms with Gasteiger partial charge in [0.15, 0.2) is 5.69 Å². The summed E-state index contributed by atoms with van der Waals surface area (Å²) in [5.41, 5.74) is 12.5. The number of hydrogen-bond acceptors (Lipinski definition) is 8. The van der Waals surface area contributed by atoms with Gasteiger partial charge in [0.1, 0.15) is 11.4 Å². The number of ether oxygens (including phenoxy) is 2. The number of nitrogens with one attached hydrogen (secondary N) is 2. The van der Waals surface area contributed by atoms with Crippen LogP contribution in [0, 0.1) is 13.8 Å². The van der Waals surface area contributed by atoms with Crippen LogP contribution >= 0.6 is 34.5 Å². The summed E-state index contributed by atoms with van der Waals surface area (Å²) in [5.74, 6) is -1.17. The lowest BCUT2D eigenvalue weighted by Gasteiger charge is -2.19. The molecule has 3 aromatic carbocycles. The second-order valence-electron chi connectivity index (χ2n) is 11.5. The third-order valence-electron chi connectivity index (χ3n) is 8.30. The number of aromatic nitrogens is 1. The van der Waals surface area contributed by atoms with E-state index in [9.17, 15) is 14.4 Å². The number of esters is 1. The average molecular weight is 716 g/mol. The maximum Gasteiger partial charge on any atom is 0.357 e. The third kappa shape index (κ3) is 7.04. The minimum absolute atomic E-state index is 0.0335. The fourth-order valence-electron chi connectivity index (χ4n) is 5.88. The van der Waals surface area contributed by atoms with Gasteiger partial charge in [0.2, 0.25) is 0 Å². The molecule has 0 saturated carbocycles. The first-order valence-corrected chi connectivity index (χ1v) is 17.0. The quantitative estimate of drug-likeness (QED) is 0.140. The number of nitrogens with two attached hydrogens (primary N) is 1. The Morgan fingerprint density at radius 2 is 1.73 bits per heavy atom. The summed E-state index contributed by atoms with van der Waals surface area (Å²) in [5, 5.41) is 8.79. The van der Waals surface area contributed by atoms with E-state index in [2.05, 4.69) is 21.7 Å². The van der Waals surface area contributed by atoms with Crippen molar-refractivity contribution < 1.29 is 23.9 Å². The summed E-state index contributed by atoms with van der Waals surface area (Å²) < 4.78 is 11.3. The summed E-state index contributed by atoms with van der Waals surface area (Å²) in [6.07, 6.45) is 0.704. The Morgan fingerprint density at radius 1 is 0.959 bits per heavy atom. The number of anilines is 1. The molecule has 49 heavy (non-hydrogen) atoms. The fourth-order valence-corrected chi connectivity index (χ4v) is 7.23. The van der Waals surface area contributed by atoms with E-state index in [0.717, 1.165) is 32.7 Å². The molecule has 0 radical (unpaired) electrons. The molecule has 0 bridgehead atoms. The number of nitrogens with zero attached hydrogens (tertiary/aromatic N) is 1. The largest absolute Gasteiger partial charge is 0.493 e. The van der Waals surface area contributed by atoms with Gasteiger partial charge in [-0.15, -0.1) is 11.3 Å². The van der Waals surface area contributed by atoms with E-state index in [1.165, 1.54) is 13.2 Å². The maximum absolute atomic E-state index is 14.3. The van der Waals surface area contributed by atoms with E-state index in [1.54, 1.807) is 47.7 Å². The second kappa shape index (κ2) is 14.4. The SMILES string of the molecule is COC(=O)c1nc(C(=O)NCc2cc(Cl)ccc2Cl)ccc1-c1cc2c(cc1C(=O)Nc1c(C)cc(CN)cc1C)-c1sccc1CCO2. The second-order valence-corrected chi connectivity index (χ2v) is 13.3. The zero-order valence-electron chi connectivity index (χ0n) is 26.9. The monoisotopic (exact) mass is 714 g/mol. The molecule has 2 amide bonds. The summed E-state index contributed by atoms with van der Waals surface area (Å²) in [7, 11) is 1.23. The highest BCUT2D eigenvalue weighted by atomic mass is 35.5. The van der Waals surface area contributed by atoms with Gasteiger partial charge in [-0.3, -0.25) is 9.59 Å². The first-order valence-electron chi connectivity index (χ1n) is 15.4. The van der Waals surface area contributed by atoms with Crippen LogP contribution in [-0.2, 0) is 24.2 Å². The van der Waals surface area contributed by atoms with E-state index in [1.807, 2.05) is 31.4 Å². The number of carbonyl (C=O) groups is 3. The van der Waals surface area contributed by atoms with Crippen LogP contribution in [0.5, 0.6) is 5.75 Å². The number of pyridine rings is 1. The van der Waals surface area contributed by atoms with Crippen LogP contribution in [0.2, 0.25) is 10.0 Å². The lowest BCUT2D eigenvalue weighted by molar-refractivity contribution is 0.0594. The van der Waals surface area contributed by atoms with Crippen LogP contribution in [0.3, 0.4) is 0 Å². The van der Waals surface area contributed by atoms with Gasteiger partial charge in [0, 0.05) is 62.4 Å². The lowest BCUT2D eigenvalue weighted by atomic mass is 9.93. The summed E-state index contributed by atoms with van der Waals surface area (Å²) in [4.78, 5) is 46.2. The van der Waals surface area contributed by atoms with Crippen molar-refractivity contribution in [3.63, 3.8) is 0 Å². The molecule has 0 unspecified atom stereocenters. The first kappa shape index (κ1) is 34.1. The molecule has 3 heterocycles. The highest BCUT2D eigenvalue weighted by molar-refractivity contribution is 7.13. The van der Waals surface area contributed by atoms with E-state index < -0.39 is 17.8 Å². The Kier molecular flexibility index (Phi) is 10.0. The van der Waals surface area contributed by atoms with Gasteiger partial charge in [0.25, 0.3) is 11.8 Å². The molecule has 5 aromatic rings. The number of thiophene rings is 1. The number of halogens is 2. The number of benzene rings is 3. The van der Waals surface area contributed by atoms with Gasteiger partial charge in [0.05, 0.1) is 13.7 Å². The van der Waals surface area contributed by atoms with Crippen molar-refractivity contribution in [2.75, 3.05) is 19.0 Å². The minimum Gasteiger partial charge on any atom is -0.493 e. The van der Waals surface area contributed by atoms with Gasteiger partial charge in [-0.2, -0.15) is 0 Å².